The number of hydrogen-bond acceptors (Lipinski definition) is 2. The SMILES string of the molecule is Cc1cc(Br)cc(NC(CN)c2cc(Cl)ccc2Br)c1. The van der Waals surface area contributed by atoms with Gasteiger partial charge in [-0.05, 0) is 54.4 Å². The zero-order valence-corrected chi connectivity index (χ0v) is 14.9. The predicted molar refractivity (Wildman–Crippen MR) is 93.4 cm³/mol. The fourth-order valence-electron chi connectivity index (χ4n) is 2.07. The summed E-state index contributed by atoms with van der Waals surface area (Å²) in [6, 6.07) is 11.9. The lowest BCUT2D eigenvalue weighted by molar-refractivity contribution is 0.786. The second kappa shape index (κ2) is 6.94. The summed E-state index contributed by atoms with van der Waals surface area (Å²) in [5, 5.41) is 4.15. The summed E-state index contributed by atoms with van der Waals surface area (Å²) in [6.45, 7) is 2.53. The third-order valence-corrected chi connectivity index (χ3v) is 4.37. The van der Waals surface area contributed by atoms with Crippen molar-refractivity contribution in [2.75, 3.05) is 11.9 Å². The van der Waals surface area contributed by atoms with Crippen LogP contribution in [0.15, 0.2) is 45.3 Å². The summed E-state index contributed by atoms with van der Waals surface area (Å²) in [5.74, 6) is 0. The molecular weight excluding hydrogens is 403 g/mol. The van der Waals surface area contributed by atoms with Gasteiger partial charge in [-0.2, -0.15) is 0 Å². The van der Waals surface area contributed by atoms with Gasteiger partial charge in [0.25, 0.3) is 0 Å². The van der Waals surface area contributed by atoms with Gasteiger partial charge in [0.2, 0.25) is 0 Å². The van der Waals surface area contributed by atoms with Crippen LogP contribution in [0.4, 0.5) is 5.69 Å². The van der Waals surface area contributed by atoms with E-state index < -0.39 is 0 Å². The molecule has 0 saturated carbocycles. The van der Waals surface area contributed by atoms with Crippen LogP contribution in [-0.4, -0.2) is 6.54 Å². The van der Waals surface area contributed by atoms with Crippen molar-refractivity contribution in [1.29, 1.82) is 0 Å². The molecule has 0 aliphatic rings. The molecule has 1 atom stereocenters. The van der Waals surface area contributed by atoms with Crippen molar-refractivity contribution < 1.29 is 0 Å². The lowest BCUT2D eigenvalue weighted by Crippen LogP contribution is -2.21. The molecule has 1 unspecified atom stereocenters. The zero-order chi connectivity index (χ0) is 14.7. The smallest absolute Gasteiger partial charge is 0.0647 e. The lowest BCUT2D eigenvalue weighted by Gasteiger charge is -2.20. The first kappa shape index (κ1) is 15.8. The Morgan fingerprint density at radius 2 is 1.95 bits per heavy atom. The first-order valence-corrected chi connectivity index (χ1v) is 8.14. The first-order chi connectivity index (χ1) is 9.49. The molecule has 0 fully saturated rings. The van der Waals surface area contributed by atoms with E-state index in [0.717, 1.165) is 20.2 Å². The van der Waals surface area contributed by atoms with Crippen molar-refractivity contribution in [3.8, 4) is 0 Å². The minimum atomic E-state index is -0.00299. The molecular formula is C15H15Br2ClN2. The number of halogens is 3. The maximum Gasteiger partial charge on any atom is 0.0647 e. The van der Waals surface area contributed by atoms with Gasteiger partial charge in [-0.25, -0.2) is 0 Å². The van der Waals surface area contributed by atoms with Gasteiger partial charge < -0.3 is 11.1 Å². The van der Waals surface area contributed by atoms with Gasteiger partial charge in [-0.15, -0.1) is 0 Å². The molecule has 0 aliphatic heterocycles. The summed E-state index contributed by atoms with van der Waals surface area (Å²) in [4.78, 5) is 0. The molecule has 0 heterocycles. The van der Waals surface area contributed by atoms with Crippen molar-refractivity contribution >= 4 is 49.1 Å². The molecule has 0 aliphatic carbocycles. The largest absolute Gasteiger partial charge is 0.377 e. The highest BCUT2D eigenvalue weighted by Gasteiger charge is 2.14. The van der Waals surface area contributed by atoms with Crippen LogP contribution in [0.5, 0.6) is 0 Å². The summed E-state index contributed by atoms with van der Waals surface area (Å²) >= 11 is 13.1. The number of nitrogens with two attached hydrogens (primary N) is 1. The molecule has 0 saturated heterocycles. The normalized spacial score (nSPS) is 12.2. The van der Waals surface area contributed by atoms with E-state index in [-0.39, 0.29) is 6.04 Å². The number of aryl methyl sites for hydroxylation is 1. The topological polar surface area (TPSA) is 38.0 Å². The van der Waals surface area contributed by atoms with Crippen molar-refractivity contribution in [2.45, 2.75) is 13.0 Å². The molecule has 0 spiro atoms. The molecule has 2 nitrogen and oxygen atoms in total. The van der Waals surface area contributed by atoms with Crippen molar-refractivity contribution in [2.24, 2.45) is 5.73 Å². The van der Waals surface area contributed by atoms with E-state index in [9.17, 15) is 0 Å². The fraction of sp³-hybridized carbons (Fsp3) is 0.200. The molecule has 0 bridgehead atoms. The monoisotopic (exact) mass is 416 g/mol. The van der Waals surface area contributed by atoms with Crippen molar-refractivity contribution in [3.05, 3.63) is 61.5 Å². The third kappa shape index (κ3) is 3.98. The van der Waals surface area contributed by atoms with Crippen molar-refractivity contribution in [3.63, 3.8) is 0 Å². The second-order valence-electron chi connectivity index (χ2n) is 4.62. The molecule has 20 heavy (non-hydrogen) atoms. The highest BCUT2D eigenvalue weighted by Crippen LogP contribution is 2.29. The van der Waals surface area contributed by atoms with E-state index in [1.165, 1.54) is 5.56 Å². The maximum atomic E-state index is 6.07. The van der Waals surface area contributed by atoms with Crippen LogP contribution in [0, 0.1) is 6.92 Å². The zero-order valence-electron chi connectivity index (χ0n) is 11.0. The summed E-state index contributed by atoms with van der Waals surface area (Å²) < 4.78 is 2.04. The van der Waals surface area contributed by atoms with E-state index >= 15 is 0 Å². The number of hydrogen-bond donors (Lipinski definition) is 2. The number of nitrogens with one attached hydrogen (secondary N) is 1. The molecule has 0 aromatic heterocycles. The van der Waals surface area contributed by atoms with Gasteiger partial charge >= 0.3 is 0 Å². The van der Waals surface area contributed by atoms with E-state index in [4.69, 9.17) is 17.3 Å². The van der Waals surface area contributed by atoms with Gasteiger partial charge in [0.1, 0.15) is 0 Å². The van der Waals surface area contributed by atoms with E-state index in [0.29, 0.717) is 11.6 Å². The summed E-state index contributed by atoms with van der Waals surface area (Å²) in [5.41, 5.74) is 9.17. The van der Waals surface area contributed by atoms with Gasteiger partial charge in [0.15, 0.2) is 0 Å². The Labute approximate surface area is 141 Å². The number of anilines is 1. The Morgan fingerprint density at radius 3 is 2.60 bits per heavy atom. The molecule has 106 valence electrons. The molecule has 0 radical (unpaired) electrons. The van der Waals surface area contributed by atoms with E-state index in [1.807, 2.05) is 24.3 Å². The number of rotatable bonds is 4. The Hall–Kier alpha value is -0.550. The highest BCUT2D eigenvalue weighted by molar-refractivity contribution is 9.10. The Bertz CT molecular complexity index is 597. The molecule has 2 rings (SSSR count). The van der Waals surface area contributed by atoms with Gasteiger partial charge in [-0.1, -0.05) is 43.5 Å². The molecule has 2 aromatic carbocycles. The quantitative estimate of drug-likeness (QED) is 0.708. The first-order valence-electron chi connectivity index (χ1n) is 6.18. The predicted octanol–water partition coefficient (Wildman–Crippen LogP) is 5.29. The molecule has 0 amide bonds. The minimum Gasteiger partial charge on any atom is -0.377 e. The molecule has 3 N–H and O–H groups in total. The lowest BCUT2D eigenvalue weighted by atomic mass is 10.1. The van der Waals surface area contributed by atoms with Gasteiger partial charge in [0.05, 0.1) is 6.04 Å². The van der Waals surface area contributed by atoms with Crippen LogP contribution in [0.25, 0.3) is 0 Å². The highest BCUT2D eigenvalue weighted by atomic mass is 79.9. The minimum absolute atomic E-state index is 0.00299. The molecule has 2 aromatic rings. The van der Waals surface area contributed by atoms with Gasteiger partial charge in [0, 0.05) is 26.2 Å². The standard InChI is InChI=1S/C15H15Br2ClN2/c1-9-4-10(16)6-12(5-9)20-15(8-19)13-7-11(18)2-3-14(13)17/h2-7,15,20H,8,19H2,1H3. The Kier molecular flexibility index (Phi) is 5.49. The Balaban J connectivity index is 2.31. The van der Waals surface area contributed by atoms with Crippen LogP contribution in [0.1, 0.15) is 17.2 Å². The average molecular weight is 419 g/mol. The number of benzene rings is 2. The van der Waals surface area contributed by atoms with Crippen LogP contribution < -0.4 is 11.1 Å². The van der Waals surface area contributed by atoms with Crippen LogP contribution in [-0.2, 0) is 0 Å². The van der Waals surface area contributed by atoms with Crippen LogP contribution in [0.3, 0.4) is 0 Å². The fourth-order valence-corrected chi connectivity index (χ4v) is 3.38. The van der Waals surface area contributed by atoms with Crippen LogP contribution in [0.2, 0.25) is 5.02 Å². The van der Waals surface area contributed by atoms with Crippen molar-refractivity contribution in [1.82, 2.24) is 0 Å². The maximum absolute atomic E-state index is 6.07. The average Bonchev–Trinajstić information content (AvgIpc) is 2.38. The molecule has 5 heteroatoms. The van der Waals surface area contributed by atoms with Gasteiger partial charge in [-0.3, -0.25) is 0 Å². The van der Waals surface area contributed by atoms with E-state index in [2.05, 4.69) is 56.2 Å². The summed E-state index contributed by atoms with van der Waals surface area (Å²) in [6.07, 6.45) is 0. The second-order valence-corrected chi connectivity index (χ2v) is 6.82. The van der Waals surface area contributed by atoms with E-state index in [1.54, 1.807) is 0 Å². The van der Waals surface area contributed by atoms with Crippen LogP contribution >= 0.6 is 43.5 Å². The summed E-state index contributed by atoms with van der Waals surface area (Å²) in [7, 11) is 0. The third-order valence-electron chi connectivity index (χ3n) is 2.95. The Morgan fingerprint density at radius 1 is 1.20 bits per heavy atom.